The van der Waals surface area contributed by atoms with Gasteiger partial charge in [-0.05, 0) is 12.1 Å². The van der Waals surface area contributed by atoms with Crippen LogP contribution in [0.15, 0.2) is 36.9 Å². The van der Waals surface area contributed by atoms with Gasteiger partial charge in [-0.2, -0.15) is 0 Å². The molecule has 0 bridgehead atoms. The Morgan fingerprint density at radius 3 is 2.61 bits per heavy atom. The van der Waals surface area contributed by atoms with Gasteiger partial charge >= 0.3 is 0 Å². The highest BCUT2D eigenvalue weighted by Gasteiger charge is 2.18. The van der Waals surface area contributed by atoms with Crippen LogP contribution in [0.2, 0.25) is 0 Å². The third-order valence-corrected chi connectivity index (χ3v) is 3.91. The highest BCUT2D eigenvalue weighted by molar-refractivity contribution is 5.90. The van der Waals surface area contributed by atoms with Crippen molar-refractivity contribution < 1.29 is 4.39 Å². The highest BCUT2D eigenvalue weighted by Crippen LogP contribution is 2.28. The zero-order chi connectivity index (χ0) is 15.6. The van der Waals surface area contributed by atoms with Crippen molar-refractivity contribution in [1.82, 2.24) is 25.3 Å². The number of aromatic nitrogens is 4. The quantitative estimate of drug-likeness (QED) is 0.776. The van der Waals surface area contributed by atoms with E-state index < -0.39 is 5.82 Å². The van der Waals surface area contributed by atoms with E-state index in [1.54, 1.807) is 24.7 Å². The zero-order valence-corrected chi connectivity index (χ0v) is 12.4. The third-order valence-electron chi connectivity index (χ3n) is 3.91. The minimum Gasteiger partial charge on any atom is -0.353 e. The van der Waals surface area contributed by atoms with E-state index in [9.17, 15) is 4.39 Å². The number of piperazine rings is 1. The fraction of sp³-hybridized carbons (Fsp3) is 0.250. The minimum atomic E-state index is -0.429. The Labute approximate surface area is 132 Å². The molecule has 0 amide bonds. The van der Waals surface area contributed by atoms with E-state index >= 15 is 0 Å². The van der Waals surface area contributed by atoms with E-state index in [0.29, 0.717) is 16.9 Å². The molecule has 1 N–H and O–H groups in total. The molecule has 1 saturated heterocycles. The third kappa shape index (κ3) is 2.59. The number of hydrogen-bond donors (Lipinski definition) is 1. The van der Waals surface area contributed by atoms with Crippen molar-refractivity contribution in [2.75, 3.05) is 31.1 Å². The summed E-state index contributed by atoms with van der Waals surface area (Å²) in [5, 5.41) is 4.25. The number of rotatable bonds is 2. The molecule has 1 fully saturated rings. The van der Waals surface area contributed by atoms with Crippen molar-refractivity contribution in [2.24, 2.45) is 0 Å². The molecular formula is C16H15FN6. The fourth-order valence-electron chi connectivity index (χ4n) is 2.76. The van der Waals surface area contributed by atoms with Crippen molar-refractivity contribution in [3.8, 4) is 11.4 Å². The van der Waals surface area contributed by atoms with Crippen LogP contribution in [0.4, 0.5) is 10.2 Å². The summed E-state index contributed by atoms with van der Waals surface area (Å²) >= 11 is 0. The summed E-state index contributed by atoms with van der Waals surface area (Å²) in [5.41, 5.74) is 1.06. The number of pyridine rings is 2. The summed E-state index contributed by atoms with van der Waals surface area (Å²) in [6, 6.07) is 3.49. The number of nitrogens with one attached hydrogen (secondary N) is 1. The molecule has 0 aliphatic carbocycles. The van der Waals surface area contributed by atoms with Gasteiger partial charge in [-0.3, -0.25) is 9.97 Å². The van der Waals surface area contributed by atoms with Gasteiger partial charge in [-0.1, -0.05) is 0 Å². The summed E-state index contributed by atoms with van der Waals surface area (Å²) in [5.74, 6) is 0.756. The summed E-state index contributed by atoms with van der Waals surface area (Å²) in [7, 11) is 0. The van der Waals surface area contributed by atoms with E-state index in [1.807, 2.05) is 6.07 Å². The Balaban J connectivity index is 1.91. The van der Waals surface area contributed by atoms with E-state index in [-0.39, 0.29) is 0 Å². The first kappa shape index (κ1) is 14.0. The first-order valence-electron chi connectivity index (χ1n) is 7.50. The van der Waals surface area contributed by atoms with Gasteiger partial charge in [0.2, 0.25) is 0 Å². The lowest BCUT2D eigenvalue weighted by molar-refractivity contribution is 0.586. The Hall–Kier alpha value is -2.67. The first-order valence-corrected chi connectivity index (χ1v) is 7.50. The Bertz CT molecular complexity index is 847. The summed E-state index contributed by atoms with van der Waals surface area (Å²) in [6.07, 6.45) is 6.13. The maximum atomic E-state index is 14.1. The number of fused-ring (bicyclic) bond motifs is 1. The van der Waals surface area contributed by atoms with Crippen LogP contribution in [0.3, 0.4) is 0 Å². The molecule has 0 unspecified atom stereocenters. The molecule has 116 valence electrons. The number of halogens is 1. The molecule has 1 aliphatic rings. The van der Waals surface area contributed by atoms with Crippen molar-refractivity contribution >= 4 is 16.7 Å². The van der Waals surface area contributed by atoms with Crippen LogP contribution in [0.5, 0.6) is 0 Å². The second-order valence-electron chi connectivity index (χ2n) is 5.36. The maximum absolute atomic E-state index is 14.1. The van der Waals surface area contributed by atoms with Gasteiger partial charge in [0.25, 0.3) is 0 Å². The van der Waals surface area contributed by atoms with Gasteiger partial charge in [0.15, 0.2) is 11.6 Å². The van der Waals surface area contributed by atoms with Gasteiger partial charge in [0.05, 0.1) is 23.5 Å². The van der Waals surface area contributed by atoms with Crippen LogP contribution < -0.4 is 10.2 Å². The molecule has 0 aromatic carbocycles. The fourth-order valence-corrected chi connectivity index (χ4v) is 2.76. The van der Waals surface area contributed by atoms with Crippen molar-refractivity contribution in [3.05, 3.63) is 42.7 Å². The molecule has 4 rings (SSSR count). The number of hydrogen-bond acceptors (Lipinski definition) is 6. The smallest absolute Gasteiger partial charge is 0.165 e. The van der Waals surface area contributed by atoms with Crippen molar-refractivity contribution in [1.29, 1.82) is 0 Å². The second-order valence-corrected chi connectivity index (χ2v) is 5.36. The van der Waals surface area contributed by atoms with Crippen LogP contribution in [0.1, 0.15) is 0 Å². The van der Waals surface area contributed by atoms with Crippen LogP contribution >= 0.6 is 0 Å². The highest BCUT2D eigenvalue weighted by atomic mass is 19.1. The van der Waals surface area contributed by atoms with Crippen molar-refractivity contribution in [3.63, 3.8) is 0 Å². The Morgan fingerprint density at radius 2 is 1.78 bits per heavy atom. The lowest BCUT2D eigenvalue weighted by Crippen LogP contribution is -2.44. The summed E-state index contributed by atoms with van der Waals surface area (Å²) in [4.78, 5) is 19.2. The molecule has 6 nitrogen and oxygen atoms in total. The van der Waals surface area contributed by atoms with Gasteiger partial charge < -0.3 is 10.2 Å². The predicted octanol–water partition coefficient (Wildman–Crippen LogP) is 1.64. The monoisotopic (exact) mass is 310 g/mol. The van der Waals surface area contributed by atoms with Crippen LogP contribution in [-0.2, 0) is 0 Å². The van der Waals surface area contributed by atoms with Gasteiger partial charge in [0.1, 0.15) is 5.82 Å². The number of anilines is 1. The Kier molecular flexibility index (Phi) is 3.55. The average molecular weight is 310 g/mol. The summed E-state index contributed by atoms with van der Waals surface area (Å²) < 4.78 is 14.1. The molecule has 23 heavy (non-hydrogen) atoms. The SMILES string of the molecule is Fc1cnccc1-c1nc(N2CCNCC2)c2ccncc2n1. The summed E-state index contributed by atoms with van der Waals surface area (Å²) in [6.45, 7) is 3.50. The van der Waals surface area contributed by atoms with E-state index in [0.717, 1.165) is 37.4 Å². The molecule has 3 aromatic rings. The van der Waals surface area contributed by atoms with Crippen LogP contribution in [0, 0.1) is 5.82 Å². The normalized spacial score (nSPS) is 15.1. The lowest BCUT2D eigenvalue weighted by atomic mass is 10.2. The molecule has 3 aromatic heterocycles. The second kappa shape index (κ2) is 5.85. The zero-order valence-electron chi connectivity index (χ0n) is 12.4. The minimum absolute atomic E-state index is 0.349. The molecular weight excluding hydrogens is 295 g/mol. The van der Waals surface area contributed by atoms with Crippen molar-refractivity contribution in [2.45, 2.75) is 0 Å². The number of nitrogens with zero attached hydrogens (tertiary/aromatic N) is 5. The topological polar surface area (TPSA) is 66.8 Å². The molecule has 7 heteroatoms. The molecule has 0 radical (unpaired) electrons. The molecule has 0 saturated carbocycles. The van der Waals surface area contributed by atoms with Gasteiger partial charge in [-0.25, -0.2) is 14.4 Å². The molecule has 4 heterocycles. The van der Waals surface area contributed by atoms with E-state index in [1.165, 1.54) is 6.20 Å². The molecule has 1 aliphatic heterocycles. The average Bonchev–Trinajstić information content (AvgIpc) is 2.62. The van der Waals surface area contributed by atoms with Crippen LogP contribution in [-0.4, -0.2) is 46.1 Å². The Morgan fingerprint density at radius 1 is 1.00 bits per heavy atom. The van der Waals surface area contributed by atoms with Crippen LogP contribution in [0.25, 0.3) is 22.3 Å². The maximum Gasteiger partial charge on any atom is 0.165 e. The molecule has 0 atom stereocenters. The standard InChI is InChI=1S/C16H15FN6/c17-13-9-19-3-1-11(13)15-21-14-10-20-4-2-12(14)16(22-15)23-7-5-18-6-8-23/h1-4,9-10,18H,5-8H2. The van der Waals surface area contributed by atoms with Gasteiger partial charge in [-0.15, -0.1) is 0 Å². The molecule has 0 spiro atoms. The van der Waals surface area contributed by atoms with E-state index in [4.69, 9.17) is 0 Å². The van der Waals surface area contributed by atoms with E-state index in [2.05, 4.69) is 30.2 Å². The first-order chi connectivity index (χ1) is 11.3. The largest absolute Gasteiger partial charge is 0.353 e. The predicted molar refractivity (Wildman–Crippen MR) is 85.6 cm³/mol. The lowest BCUT2D eigenvalue weighted by Gasteiger charge is -2.29. The van der Waals surface area contributed by atoms with Gasteiger partial charge in [0, 0.05) is 44.0 Å².